The molecule has 1 heterocycles. The summed E-state index contributed by atoms with van der Waals surface area (Å²) in [6.45, 7) is 6.09. The molecular weight excluding hydrogens is 338 g/mol. The van der Waals surface area contributed by atoms with E-state index < -0.39 is 23.5 Å². The third kappa shape index (κ3) is 3.45. The molecule has 2 aromatic carbocycles. The number of carbonyl (C=O) groups is 2. The van der Waals surface area contributed by atoms with Gasteiger partial charge < -0.3 is 10.2 Å². The first-order valence-corrected chi connectivity index (χ1v) is 8.40. The van der Waals surface area contributed by atoms with Crippen LogP contribution in [-0.2, 0) is 9.59 Å². The van der Waals surface area contributed by atoms with E-state index in [9.17, 15) is 18.4 Å². The summed E-state index contributed by atoms with van der Waals surface area (Å²) in [4.78, 5) is 26.5. The molecule has 2 aromatic rings. The van der Waals surface area contributed by atoms with Gasteiger partial charge in [0, 0.05) is 24.7 Å². The van der Waals surface area contributed by atoms with Crippen molar-refractivity contribution in [1.29, 1.82) is 0 Å². The Bertz CT molecular complexity index is 872. The van der Waals surface area contributed by atoms with Gasteiger partial charge in [0.1, 0.15) is 11.6 Å². The number of hydrogen-bond acceptors (Lipinski definition) is 2. The van der Waals surface area contributed by atoms with Crippen LogP contribution in [0.4, 0.5) is 20.2 Å². The zero-order valence-corrected chi connectivity index (χ0v) is 14.9. The Hall–Kier alpha value is -2.76. The molecule has 0 aliphatic carbocycles. The summed E-state index contributed by atoms with van der Waals surface area (Å²) >= 11 is 0. The van der Waals surface area contributed by atoms with Crippen LogP contribution in [0.15, 0.2) is 30.3 Å². The minimum absolute atomic E-state index is 0.0569. The monoisotopic (exact) mass is 358 g/mol. The zero-order chi connectivity index (χ0) is 19.0. The van der Waals surface area contributed by atoms with E-state index in [1.165, 1.54) is 6.07 Å². The van der Waals surface area contributed by atoms with Crippen molar-refractivity contribution in [3.8, 4) is 0 Å². The number of hydrogen-bond donors (Lipinski definition) is 1. The molecular formula is C20H20F2N2O2. The lowest BCUT2D eigenvalue weighted by atomic mass is 10.0. The van der Waals surface area contributed by atoms with Crippen LogP contribution in [0, 0.1) is 38.3 Å². The van der Waals surface area contributed by atoms with Crippen LogP contribution >= 0.6 is 0 Å². The Morgan fingerprint density at radius 3 is 2.38 bits per heavy atom. The molecule has 1 N–H and O–H groups in total. The second-order valence-electron chi connectivity index (χ2n) is 6.77. The van der Waals surface area contributed by atoms with Crippen LogP contribution in [-0.4, -0.2) is 18.4 Å². The van der Waals surface area contributed by atoms with E-state index in [1.54, 1.807) is 4.90 Å². The fourth-order valence-electron chi connectivity index (χ4n) is 3.52. The maximum atomic E-state index is 13.7. The molecule has 1 atom stereocenters. The average Bonchev–Trinajstić information content (AvgIpc) is 2.91. The van der Waals surface area contributed by atoms with Crippen molar-refractivity contribution in [3.05, 3.63) is 58.7 Å². The van der Waals surface area contributed by atoms with E-state index >= 15 is 0 Å². The summed E-state index contributed by atoms with van der Waals surface area (Å²) in [5.74, 6) is -2.74. The first-order valence-electron chi connectivity index (χ1n) is 8.40. The van der Waals surface area contributed by atoms with Crippen LogP contribution in [0.25, 0.3) is 0 Å². The van der Waals surface area contributed by atoms with Crippen LogP contribution in [0.2, 0.25) is 0 Å². The maximum Gasteiger partial charge on any atom is 0.229 e. The zero-order valence-electron chi connectivity index (χ0n) is 14.9. The second-order valence-corrected chi connectivity index (χ2v) is 6.77. The van der Waals surface area contributed by atoms with Crippen molar-refractivity contribution >= 4 is 23.2 Å². The van der Waals surface area contributed by atoms with Gasteiger partial charge in [0.25, 0.3) is 0 Å². The van der Waals surface area contributed by atoms with Crippen LogP contribution < -0.4 is 10.2 Å². The molecule has 1 saturated heterocycles. The lowest BCUT2D eigenvalue weighted by molar-refractivity contribution is -0.122. The van der Waals surface area contributed by atoms with Crippen molar-refractivity contribution < 1.29 is 18.4 Å². The molecule has 1 fully saturated rings. The molecule has 0 radical (unpaired) electrons. The van der Waals surface area contributed by atoms with Gasteiger partial charge in [-0.2, -0.15) is 0 Å². The molecule has 4 nitrogen and oxygen atoms in total. The summed E-state index contributed by atoms with van der Waals surface area (Å²) in [6, 6.07) is 6.95. The molecule has 0 aromatic heterocycles. The van der Waals surface area contributed by atoms with Crippen LogP contribution in [0.1, 0.15) is 23.1 Å². The predicted molar refractivity (Wildman–Crippen MR) is 96.1 cm³/mol. The lowest BCUT2D eigenvalue weighted by Gasteiger charge is -2.22. The van der Waals surface area contributed by atoms with Crippen molar-refractivity contribution in [1.82, 2.24) is 0 Å². The van der Waals surface area contributed by atoms with E-state index in [-0.39, 0.29) is 24.6 Å². The molecule has 1 unspecified atom stereocenters. The molecule has 0 bridgehead atoms. The highest BCUT2D eigenvalue weighted by molar-refractivity contribution is 6.04. The molecule has 3 rings (SSSR count). The van der Waals surface area contributed by atoms with Gasteiger partial charge >= 0.3 is 0 Å². The quantitative estimate of drug-likeness (QED) is 0.905. The predicted octanol–water partition coefficient (Wildman–Crippen LogP) is 3.88. The molecule has 0 spiro atoms. The highest BCUT2D eigenvalue weighted by Gasteiger charge is 2.36. The molecule has 2 amide bonds. The fraction of sp³-hybridized carbons (Fsp3) is 0.300. The van der Waals surface area contributed by atoms with E-state index in [4.69, 9.17) is 0 Å². The summed E-state index contributed by atoms with van der Waals surface area (Å²) < 4.78 is 26.7. The van der Waals surface area contributed by atoms with Crippen molar-refractivity contribution in [2.24, 2.45) is 5.92 Å². The van der Waals surface area contributed by atoms with Crippen molar-refractivity contribution in [3.63, 3.8) is 0 Å². The maximum absolute atomic E-state index is 13.7. The minimum atomic E-state index is -0.843. The number of benzene rings is 2. The molecule has 1 aliphatic heterocycles. The molecule has 136 valence electrons. The third-order valence-electron chi connectivity index (χ3n) is 4.59. The summed E-state index contributed by atoms with van der Waals surface area (Å²) in [5.41, 5.74) is 3.79. The van der Waals surface area contributed by atoms with Gasteiger partial charge in [0.2, 0.25) is 11.8 Å². The van der Waals surface area contributed by atoms with Gasteiger partial charge in [0.05, 0.1) is 11.6 Å². The van der Waals surface area contributed by atoms with Gasteiger partial charge in [-0.15, -0.1) is 0 Å². The lowest BCUT2D eigenvalue weighted by Crippen LogP contribution is -2.29. The van der Waals surface area contributed by atoms with E-state index in [0.717, 1.165) is 28.4 Å². The smallest absolute Gasteiger partial charge is 0.229 e. The third-order valence-corrected chi connectivity index (χ3v) is 4.59. The number of halogens is 2. The van der Waals surface area contributed by atoms with Crippen molar-refractivity contribution in [2.45, 2.75) is 27.2 Å². The second kappa shape index (κ2) is 6.86. The average molecular weight is 358 g/mol. The van der Waals surface area contributed by atoms with Gasteiger partial charge in [-0.1, -0.05) is 17.7 Å². The SMILES string of the molecule is Cc1cc(C)c(N2CC(C(=O)Nc3ccc(F)cc3F)CC2=O)c(C)c1. The van der Waals surface area contributed by atoms with Crippen molar-refractivity contribution in [2.75, 3.05) is 16.8 Å². The van der Waals surface area contributed by atoms with E-state index in [0.29, 0.717) is 6.07 Å². The summed E-state index contributed by atoms with van der Waals surface area (Å²) in [6.07, 6.45) is 0.0569. The van der Waals surface area contributed by atoms with Gasteiger partial charge in [-0.3, -0.25) is 9.59 Å². The van der Waals surface area contributed by atoms with Crippen LogP contribution in [0.3, 0.4) is 0 Å². The number of amides is 2. The highest BCUT2D eigenvalue weighted by atomic mass is 19.1. The van der Waals surface area contributed by atoms with Gasteiger partial charge in [-0.25, -0.2) is 8.78 Å². The normalized spacial score (nSPS) is 16.9. The number of nitrogens with zero attached hydrogens (tertiary/aromatic N) is 1. The van der Waals surface area contributed by atoms with E-state index in [2.05, 4.69) is 5.32 Å². The first kappa shape index (κ1) is 18.0. The van der Waals surface area contributed by atoms with Gasteiger partial charge in [0.15, 0.2) is 0 Å². The minimum Gasteiger partial charge on any atom is -0.323 e. The largest absolute Gasteiger partial charge is 0.323 e. The Morgan fingerprint density at radius 1 is 1.12 bits per heavy atom. The summed E-state index contributed by atoms with van der Waals surface area (Å²) in [5, 5.41) is 2.45. The molecule has 1 aliphatic rings. The Balaban J connectivity index is 1.78. The number of nitrogens with one attached hydrogen (secondary N) is 1. The molecule has 6 heteroatoms. The van der Waals surface area contributed by atoms with E-state index in [1.807, 2.05) is 32.9 Å². The molecule has 0 saturated carbocycles. The Labute approximate surface area is 150 Å². The topological polar surface area (TPSA) is 49.4 Å². The Kier molecular flexibility index (Phi) is 4.76. The summed E-state index contributed by atoms with van der Waals surface area (Å²) in [7, 11) is 0. The highest BCUT2D eigenvalue weighted by Crippen LogP contribution is 2.32. The molecule has 26 heavy (non-hydrogen) atoms. The fourth-order valence-corrected chi connectivity index (χ4v) is 3.52. The Morgan fingerprint density at radius 2 is 1.77 bits per heavy atom. The standard InChI is InChI=1S/C20H20F2N2O2/c1-11-6-12(2)19(13(3)7-11)24-10-14(8-18(24)25)20(26)23-17-5-4-15(21)9-16(17)22/h4-7,9,14H,8,10H2,1-3H3,(H,23,26). The number of rotatable bonds is 3. The number of carbonyl (C=O) groups excluding carboxylic acids is 2. The van der Waals surface area contributed by atoms with Gasteiger partial charge in [-0.05, 0) is 44.0 Å². The first-order chi connectivity index (χ1) is 12.3. The number of anilines is 2. The number of aryl methyl sites for hydroxylation is 3. The van der Waals surface area contributed by atoms with Crippen LogP contribution in [0.5, 0.6) is 0 Å².